The Morgan fingerprint density at radius 3 is 2.70 bits per heavy atom. The highest BCUT2D eigenvalue weighted by Gasteiger charge is 2.12. The van der Waals surface area contributed by atoms with E-state index in [1.165, 1.54) is 30.2 Å². The second kappa shape index (κ2) is 9.87. The maximum absolute atomic E-state index is 13.2. The van der Waals surface area contributed by atoms with Gasteiger partial charge in [-0.2, -0.15) is 0 Å². The van der Waals surface area contributed by atoms with Crippen LogP contribution in [0.15, 0.2) is 53.0 Å². The van der Waals surface area contributed by atoms with Crippen LogP contribution in [0, 0.1) is 5.82 Å². The first kappa shape index (κ1) is 20.6. The van der Waals surface area contributed by atoms with Gasteiger partial charge in [0.05, 0.1) is 7.11 Å². The normalized spacial score (nSPS) is 10.7. The molecule has 0 saturated carbocycles. The third kappa shape index (κ3) is 6.53. The molecule has 2 rings (SSSR count). The summed E-state index contributed by atoms with van der Waals surface area (Å²) in [6.45, 7) is -0.177. The number of halogens is 2. The summed E-state index contributed by atoms with van der Waals surface area (Å²) < 4.78 is 24.2. The number of likely N-dealkylation sites (N-methyl/N-ethyl adjacent to an activating group) is 1. The number of carbonyl (C=O) groups is 2. The van der Waals surface area contributed by atoms with E-state index in [2.05, 4.69) is 15.9 Å². The third-order valence-corrected chi connectivity index (χ3v) is 4.16. The number of hydrogen-bond donors (Lipinski definition) is 0. The number of benzene rings is 2. The second-order valence-corrected chi connectivity index (χ2v) is 6.62. The van der Waals surface area contributed by atoms with Crippen LogP contribution >= 0.6 is 15.9 Å². The second-order valence-electron chi connectivity index (χ2n) is 5.71. The van der Waals surface area contributed by atoms with Crippen molar-refractivity contribution in [3.63, 3.8) is 0 Å². The van der Waals surface area contributed by atoms with Gasteiger partial charge in [0.1, 0.15) is 11.6 Å². The van der Waals surface area contributed by atoms with E-state index in [9.17, 15) is 14.0 Å². The summed E-state index contributed by atoms with van der Waals surface area (Å²) in [6, 6.07) is 11.3. The summed E-state index contributed by atoms with van der Waals surface area (Å²) in [5.74, 6) is -0.799. The lowest BCUT2D eigenvalue weighted by molar-refractivity contribution is -0.147. The number of carbonyl (C=O) groups excluding carboxylic acids is 2. The molecule has 0 aromatic heterocycles. The van der Waals surface area contributed by atoms with Gasteiger partial charge in [-0.1, -0.05) is 28.1 Å². The molecular weight excluding hydrogens is 417 g/mol. The Kier molecular flexibility index (Phi) is 7.55. The average Bonchev–Trinajstić information content (AvgIpc) is 2.64. The molecule has 27 heavy (non-hydrogen) atoms. The minimum atomic E-state index is -0.649. The molecule has 0 radical (unpaired) electrons. The fourth-order valence-electron chi connectivity index (χ4n) is 2.28. The smallest absolute Gasteiger partial charge is 0.331 e. The van der Waals surface area contributed by atoms with Crippen LogP contribution in [0.5, 0.6) is 5.75 Å². The van der Waals surface area contributed by atoms with Gasteiger partial charge in [-0.05, 0) is 42.0 Å². The Bertz CT molecular complexity index is 854. The van der Waals surface area contributed by atoms with Crippen LogP contribution < -0.4 is 4.74 Å². The molecule has 0 aliphatic rings. The summed E-state index contributed by atoms with van der Waals surface area (Å²) in [4.78, 5) is 25.3. The van der Waals surface area contributed by atoms with Crippen molar-refractivity contribution in [1.82, 2.24) is 4.90 Å². The van der Waals surface area contributed by atoms with E-state index >= 15 is 0 Å². The van der Waals surface area contributed by atoms with E-state index in [-0.39, 0.29) is 18.3 Å². The zero-order valence-corrected chi connectivity index (χ0v) is 16.5. The van der Waals surface area contributed by atoms with Crippen LogP contribution in [-0.2, 0) is 20.9 Å². The molecule has 0 bridgehead atoms. The Hall–Kier alpha value is -2.67. The molecule has 0 spiro atoms. The fourth-order valence-corrected chi connectivity index (χ4v) is 2.66. The molecule has 0 heterocycles. The van der Waals surface area contributed by atoms with Crippen molar-refractivity contribution in [2.45, 2.75) is 6.54 Å². The van der Waals surface area contributed by atoms with Crippen molar-refractivity contribution < 1.29 is 23.5 Å². The number of methoxy groups -OCH3 is 1. The number of hydrogen-bond acceptors (Lipinski definition) is 4. The molecule has 2 aromatic carbocycles. The summed E-state index contributed by atoms with van der Waals surface area (Å²) in [7, 11) is 3.09. The summed E-state index contributed by atoms with van der Waals surface area (Å²) >= 11 is 3.35. The lowest BCUT2D eigenvalue weighted by atomic mass is 10.2. The third-order valence-electron chi connectivity index (χ3n) is 3.66. The zero-order chi connectivity index (χ0) is 19.8. The van der Waals surface area contributed by atoms with E-state index in [1.54, 1.807) is 37.4 Å². The maximum Gasteiger partial charge on any atom is 0.331 e. The minimum Gasteiger partial charge on any atom is -0.496 e. The van der Waals surface area contributed by atoms with Crippen molar-refractivity contribution in [2.75, 3.05) is 20.8 Å². The topological polar surface area (TPSA) is 55.8 Å². The SMILES string of the molecule is COc1ccc(Br)cc1/C=C/C(=O)OCC(=O)N(C)Cc1cccc(F)c1. The molecule has 7 heteroatoms. The van der Waals surface area contributed by atoms with Crippen molar-refractivity contribution in [1.29, 1.82) is 0 Å². The molecule has 1 amide bonds. The number of esters is 1. The van der Waals surface area contributed by atoms with Gasteiger partial charge in [-0.25, -0.2) is 9.18 Å². The van der Waals surface area contributed by atoms with Gasteiger partial charge in [0.2, 0.25) is 0 Å². The molecule has 0 saturated heterocycles. The lowest BCUT2D eigenvalue weighted by Crippen LogP contribution is -2.30. The predicted molar refractivity (Wildman–Crippen MR) is 104 cm³/mol. The van der Waals surface area contributed by atoms with E-state index in [4.69, 9.17) is 9.47 Å². The Labute approximate surface area is 165 Å². The van der Waals surface area contributed by atoms with Crippen LogP contribution in [0.1, 0.15) is 11.1 Å². The molecule has 0 fully saturated rings. The van der Waals surface area contributed by atoms with E-state index in [0.717, 1.165) is 4.47 Å². The van der Waals surface area contributed by atoms with Crippen molar-refractivity contribution in [3.8, 4) is 5.75 Å². The Morgan fingerprint density at radius 2 is 2.00 bits per heavy atom. The quantitative estimate of drug-likeness (QED) is 0.490. The van der Waals surface area contributed by atoms with Gasteiger partial charge in [0, 0.05) is 29.7 Å². The van der Waals surface area contributed by atoms with Gasteiger partial charge < -0.3 is 14.4 Å². The summed E-state index contributed by atoms with van der Waals surface area (Å²) in [5.41, 5.74) is 1.34. The van der Waals surface area contributed by atoms with Gasteiger partial charge in [-0.15, -0.1) is 0 Å². The van der Waals surface area contributed by atoms with Crippen LogP contribution in [0.25, 0.3) is 6.08 Å². The molecule has 0 N–H and O–H groups in total. The predicted octanol–water partition coefficient (Wildman–Crippen LogP) is 3.81. The first-order chi connectivity index (χ1) is 12.9. The first-order valence-electron chi connectivity index (χ1n) is 8.06. The maximum atomic E-state index is 13.2. The first-order valence-corrected chi connectivity index (χ1v) is 8.85. The number of ether oxygens (including phenoxy) is 2. The van der Waals surface area contributed by atoms with Gasteiger partial charge in [0.25, 0.3) is 5.91 Å². The number of rotatable bonds is 7. The van der Waals surface area contributed by atoms with Crippen molar-refractivity contribution in [2.24, 2.45) is 0 Å². The minimum absolute atomic E-state index is 0.221. The standard InChI is InChI=1S/C20H19BrFNO4/c1-23(12-14-4-3-5-17(22)10-14)19(24)13-27-20(25)9-6-15-11-16(21)7-8-18(15)26-2/h3-11H,12-13H2,1-2H3/b9-6+. The molecule has 142 valence electrons. The Morgan fingerprint density at radius 1 is 1.22 bits per heavy atom. The van der Waals surface area contributed by atoms with Crippen LogP contribution in [-0.4, -0.2) is 37.5 Å². The fraction of sp³-hybridized carbons (Fsp3) is 0.200. The highest BCUT2D eigenvalue weighted by molar-refractivity contribution is 9.10. The lowest BCUT2D eigenvalue weighted by Gasteiger charge is -2.17. The number of amides is 1. The highest BCUT2D eigenvalue weighted by Crippen LogP contribution is 2.24. The van der Waals surface area contributed by atoms with Crippen LogP contribution in [0.4, 0.5) is 4.39 Å². The van der Waals surface area contributed by atoms with Crippen molar-refractivity contribution >= 4 is 33.9 Å². The van der Waals surface area contributed by atoms with Crippen LogP contribution in [0.2, 0.25) is 0 Å². The molecule has 0 atom stereocenters. The molecular formula is C20H19BrFNO4. The van der Waals surface area contributed by atoms with Crippen molar-refractivity contribution in [3.05, 3.63) is 70.0 Å². The average molecular weight is 436 g/mol. The van der Waals surface area contributed by atoms with Gasteiger partial charge in [0.15, 0.2) is 6.61 Å². The largest absolute Gasteiger partial charge is 0.496 e. The van der Waals surface area contributed by atoms with Crippen LogP contribution in [0.3, 0.4) is 0 Å². The van der Waals surface area contributed by atoms with E-state index in [1.807, 2.05) is 6.07 Å². The molecule has 2 aromatic rings. The monoisotopic (exact) mass is 435 g/mol. The zero-order valence-electron chi connectivity index (χ0n) is 14.9. The van der Waals surface area contributed by atoms with Gasteiger partial charge >= 0.3 is 5.97 Å². The summed E-state index contributed by atoms with van der Waals surface area (Å²) in [5, 5.41) is 0. The number of nitrogens with zero attached hydrogens (tertiary/aromatic N) is 1. The molecule has 0 unspecified atom stereocenters. The summed E-state index contributed by atoms with van der Waals surface area (Å²) in [6.07, 6.45) is 2.77. The molecule has 5 nitrogen and oxygen atoms in total. The highest BCUT2D eigenvalue weighted by atomic mass is 79.9. The molecule has 0 aliphatic heterocycles. The van der Waals surface area contributed by atoms with Gasteiger partial charge in [-0.3, -0.25) is 4.79 Å². The van der Waals surface area contributed by atoms with E-state index < -0.39 is 12.6 Å². The van der Waals surface area contributed by atoms with E-state index in [0.29, 0.717) is 16.9 Å². The molecule has 0 aliphatic carbocycles. The Balaban J connectivity index is 1.87.